The Balaban J connectivity index is 1.91. The first-order valence-electron chi connectivity index (χ1n) is 14.6. The minimum absolute atomic E-state index is 0.0185. The molecule has 2 amide bonds. The summed E-state index contributed by atoms with van der Waals surface area (Å²) in [4.78, 5) is 29.0. The van der Waals surface area contributed by atoms with E-state index in [2.05, 4.69) is 5.32 Å². The minimum Gasteiger partial charge on any atom is -0.492 e. The van der Waals surface area contributed by atoms with Crippen molar-refractivity contribution >= 4 is 27.5 Å². The zero-order valence-electron chi connectivity index (χ0n) is 25.3. The van der Waals surface area contributed by atoms with Crippen LogP contribution in [0.1, 0.15) is 51.2 Å². The first-order chi connectivity index (χ1) is 20.5. The third kappa shape index (κ3) is 9.81. The van der Waals surface area contributed by atoms with Crippen LogP contribution in [0.25, 0.3) is 0 Å². The fourth-order valence-corrected chi connectivity index (χ4v) is 5.70. The van der Waals surface area contributed by atoms with Crippen LogP contribution in [0.2, 0.25) is 0 Å². The Morgan fingerprint density at radius 3 is 2.26 bits per heavy atom. The third-order valence-corrected chi connectivity index (χ3v) is 8.34. The van der Waals surface area contributed by atoms with Gasteiger partial charge in [0.2, 0.25) is 21.8 Å². The van der Waals surface area contributed by atoms with Gasteiger partial charge in [0.25, 0.3) is 0 Å². The molecule has 0 radical (unpaired) electrons. The van der Waals surface area contributed by atoms with Gasteiger partial charge in [0.15, 0.2) is 0 Å². The van der Waals surface area contributed by atoms with E-state index in [4.69, 9.17) is 4.74 Å². The summed E-state index contributed by atoms with van der Waals surface area (Å²) in [6.07, 6.45) is 2.16. The van der Waals surface area contributed by atoms with Crippen molar-refractivity contribution in [2.24, 2.45) is 0 Å². The van der Waals surface area contributed by atoms with E-state index in [1.807, 2.05) is 51.1 Å². The predicted molar refractivity (Wildman–Crippen MR) is 168 cm³/mol. The molecular weight excluding hydrogens is 569 g/mol. The molecule has 3 rings (SSSR count). The Labute approximate surface area is 254 Å². The predicted octanol–water partition coefficient (Wildman–Crippen LogP) is 5.33. The molecule has 3 aromatic rings. The maximum Gasteiger partial charge on any atom is 0.243 e. The normalized spacial score (nSPS) is 12.7. The lowest BCUT2D eigenvalue weighted by Gasteiger charge is -2.33. The molecule has 1 N–H and O–H groups in total. The number of nitrogens with zero attached hydrogens (tertiary/aromatic N) is 2. The van der Waals surface area contributed by atoms with Crippen LogP contribution in [0.15, 0.2) is 78.9 Å². The second kappa shape index (κ2) is 16.1. The molecule has 8 nitrogen and oxygen atoms in total. The average molecular weight is 612 g/mol. The molecule has 2 atom stereocenters. The van der Waals surface area contributed by atoms with Crippen LogP contribution in [0, 0.1) is 5.82 Å². The molecule has 43 heavy (non-hydrogen) atoms. The van der Waals surface area contributed by atoms with E-state index in [0.29, 0.717) is 24.5 Å². The second-order valence-corrected chi connectivity index (χ2v) is 12.4. The summed E-state index contributed by atoms with van der Waals surface area (Å²) in [6.45, 7) is 5.93. The summed E-state index contributed by atoms with van der Waals surface area (Å²) < 4.78 is 47.3. The highest BCUT2D eigenvalue weighted by molar-refractivity contribution is 7.92. The zero-order chi connectivity index (χ0) is 31.4. The van der Waals surface area contributed by atoms with Crippen LogP contribution in [0.3, 0.4) is 0 Å². The van der Waals surface area contributed by atoms with E-state index >= 15 is 0 Å². The molecule has 0 fully saturated rings. The van der Waals surface area contributed by atoms with Crippen molar-refractivity contribution in [3.63, 3.8) is 0 Å². The van der Waals surface area contributed by atoms with E-state index in [1.165, 1.54) is 15.3 Å². The molecule has 2 unspecified atom stereocenters. The Morgan fingerprint density at radius 1 is 0.953 bits per heavy atom. The Hall–Kier alpha value is -3.92. The average Bonchev–Trinajstić information content (AvgIpc) is 2.98. The molecule has 0 aliphatic carbocycles. The molecule has 232 valence electrons. The van der Waals surface area contributed by atoms with Gasteiger partial charge < -0.3 is 15.0 Å². The summed E-state index contributed by atoms with van der Waals surface area (Å²) >= 11 is 0. The number of anilines is 1. The zero-order valence-corrected chi connectivity index (χ0v) is 26.1. The number of sulfonamides is 1. The SMILES string of the molecule is CCOc1ccccc1N(CCCC(=O)N(Cc1ccccc1F)C(Cc1ccccc1)C(=O)NC(C)CC)S(C)(=O)=O. The van der Waals surface area contributed by atoms with Crippen molar-refractivity contribution in [2.45, 2.75) is 65.1 Å². The molecule has 0 heterocycles. The molecule has 0 saturated carbocycles. The van der Waals surface area contributed by atoms with Crippen LogP contribution >= 0.6 is 0 Å². The number of hydrogen-bond acceptors (Lipinski definition) is 5. The fraction of sp³-hybridized carbons (Fsp3) is 0.394. The summed E-state index contributed by atoms with van der Waals surface area (Å²) in [5.74, 6) is -0.759. The van der Waals surface area contributed by atoms with Gasteiger partial charge in [-0.15, -0.1) is 0 Å². The number of rotatable bonds is 16. The van der Waals surface area contributed by atoms with Gasteiger partial charge in [-0.1, -0.05) is 67.6 Å². The van der Waals surface area contributed by atoms with Gasteiger partial charge in [-0.05, 0) is 50.5 Å². The number of benzene rings is 3. The van der Waals surface area contributed by atoms with Gasteiger partial charge in [-0.2, -0.15) is 0 Å². The Bertz CT molecular complexity index is 1450. The van der Waals surface area contributed by atoms with Crippen molar-refractivity contribution in [1.82, 2.24) is 10.2 Å². The van der Waals surface area contributed by atoms with Crippen molar-refractivity contribution in [3.8, 4) is 5.75 Å². The van der Waals surface area contributed by atoms with E-state index < -0.39 is 21.9 Å². The lowest BCUT2D eigenvalue weighted by atomic mass is 10.0. The molecule has 0 bridgehead atoms. The van der Waals surface area contributed by atoms with Crippen LogP contribution in [-0.2, 0) is 32.6 Å². The Kier molecular flexibility index (Phi) is 12.5. The van der Waals surface area contributed by atoms with Crippen molar-refractivity contribution in [1.29, 1.82) is 0 Å². The maximum absolute atomic E-state index is 14.8. The number of carbonyl (C=O) groups excluding carboxylic acids is 2. The smallest absolute Gasteiger partial charge is 0.243 e. The maximum atomic E-state index is 14.8. The molecule has 3 aromatic carbocycles. The summed E-state index contributed by atoms with van der Waals surface area (Å²) in [5.41, 5.74) is 1.53. The van der Waals surface area contributed by atoms with Gasteiger partial charge in [0.1, 0.15) is 17.6 Å². The molecule has 0 aliphatic rings. The molecule has 0 saturated heterocycles. The number of ether oxygens (including phenoxy) is 1. The summed E-state index contributed by atoms with van der Waals surface area (Å²) in [7, 11) is -3.70. The molecule has 0 aliphatic heterocycles. The van der Waals surface area contributed by atoms with Gasteiger partial charge in [0, 0.05) is 37.5 Å². The monoisotopic (exact) mass is 611 g/mol. The van der Waals surface area contributed by atoms with Crippen LogP contribution in [0.5, 0.6) is 5.75 Å². The van der Waals surface area contributed by atoms with Crippen LogP contribution in [-0.4, -0.2) is 56.6 Å². The van der Waals surface area contributed by atoms with E-state index in [-0.39, 0.29) is 55.8 Å². The number of hydrogen-bond donors (Lipinski definition) is 1. The van der Waals surface area contributed by atoms with E-state index in [1.54, 1.807) is 42.5 Å². The van der Waals surface area contributed by atoms with Crippen LogP contribution < -0.4 is 14.4 Å². The van der Waals surface area contributed by atoms with Crippen molar-refractivity contribution in [2.75, 3.05) is 23.7 Å². The van der Waals surface area contributed by atoms with Crippen LogP contribution in [0.4, 0.5) is 10.1 Å². The minimum atomic E-state index is -3.70. The number of nitrogens with one attached hydrogen (secondary N) is 1. The van der Waals surface area contributed by atoms with Gasteiger partial charge in [0.05, 0.1) is 18.6 Å². The third-order valence-electron chi connectivity index (χ3n) is 7.16. The number of para-hydroxylation sites is 2. The number of carbonyl (C=O) groups is 2. The summed E-state index contributed by atoms with van der Waals surface area (Å²) in [5, 5.41) is 2.99. The van der Waals surface area contributed by atoms with Gasteiger partial charge >= 0.3 is 0 Å². The number of halogens is 1. The molecule has 0 spiro atoms. The van der Waals surface area contributed by atoms with Gasteiger partial charge in [-0.25, -0.2) is 12.8 Å². The number of amides is 2. The highest BCUT2D eigenvalue weighted by atomic mass is 32.2. The summed E-state index contributed by atoms with van der Waals surface area (Å²) in [6, 6.07) is 21.4. The Morgan fingerprint density at radius 2 is 1.60 bits per heavy atom. The lowest BCUT2D eigenvalue weighted by molar-refractivity contribution is -0.141. The fourth-order valence-electron chi connectivity index (χ4n) is 4.73. The first kappa shape index (κ1) is 33.6. The van der Waals surface area contributed by atoms with E-state index in [0.717, 1.165) is 11.8 Å². The van der Waals surface area contributed by atoms with Crippen molar-refractivity contribution in [3.05, 3.63) is 95.8 Å². The molecular formula is C33H42FN3O5S. The topological polar surface area (TPSA) is 96.0 Å². The van der Waals surface area contributed by atoms with Crippen molar-refractivity contribution < 1.29 is 27.1 Å². The quantitative estimate of drug-likeness (QED) is 0.236. The second-order valence-electron chi connectivity index (χ2n) is 10.5. The molecule has 10 heteroatoms. The largest absolute Gasteiger partial charge is 0.492 e. The van der Waals surface area contributed by atoms with E-state index in [9.17, 15) is 22.4 Å². The standard InChI is InChI=1S/C33H42FN3O5S/c1-5-25(3)35-33(39)30(23-26-15-8-7-9-16-26)36(24-27-17-10-11-18-28(27)34)32(38)21-14-22-37(43(4,40)41)29-19-12-13-20-31(29)42-6-2/h7-13,15-20,25,30H,5-6,14,21-24H2,1-4H3,(H,35,39). The highest BCUT2D eigenvalue weighted by Crippen LogP contribution is 2.30. The van der Waals surface area contributed by atoms with Gasteiger partial charge in [-0.3, -0.25) is 13.9 Å². The molecule has 0 aromatic heterocycles. The highest BCUT2D eigenvalue weighted by Gasteiger charge is 2.31. The first-order valence-corrected chi connectivity index (χ1v) is 16.5. The lowest BCUT2D eigenvalue weighted by Crippen LogP contribution is -2.52.